The van der Waals surface area contributed by atoms with Gasteiger partial charge in [-0.2, -0.15) is 0 Å². The van der Waals surface area contributed by atoms with Crippen molar-refractivity contribution < 1.29 is 17.9 Å². The number of nitrogens with zero attached hydrogens (tertiary/aromatic N) is 4. The summed E-state index contributed by atoms with van der Waals surface area (Å²) in [5.41, 5.74) is 3.09. The lowest BCUT2D eigenvalue weighted by Crippen LogP contribution is -2.41. The summed E-state index contributed by atoms with van der Waals surface area (Å²) in [7, 11) is -3.57. The van der Waals surface area contributed by atoms with Crippen LogP contribution in [0.4, 0.5) is 5.82 Å². The summed E-state index contributed by atoms with van der Waals surface area (Å²) >= 11 is 6.00. The Hall–Kier alpha value is -3.60. The quantitative estimate of drug-likeness (QED) is 0.361. The van der Waals surface area contributed by atoms with Gasteiger partial charge in [0.25, 0.3) is 5.91 Å². The highest BCUT2D eigenvalue weighted by molar-refractivity contribution is 7.90. The number of anilines is 1. The number of piperidine rings is 1. The first-order valence-corrected chi connectivity index (χ1v) is 15.4. The molecule has 9 nitrogen and oxygen atoms in total. The van der Waals surface area contributed by atoms with Crippen molar-refractivity contribution in [2.45, 2.75) is 30.4 Å². The van der Waals surface area contributed by atoms with Crippen molar-refractivity contribution in [1.29, 1.82) is 0 Å². The van der Waals surface area contributed by atoms with Crippen molar-refractivity contribution in [3.05, 3.63) is 77.1 Å². The minimum absolute atomic E-state index is 0.0742. The summed E-state index contributed by atoms with van der Waals surface area (Å²) in [5, 5.41) is 3.73. The number of fused-ring (bicyclic) bond motifs is 2. The number of rotatable bonds is 6. The Morgan fingerprint density at radius 3 is 2.80 bits per heavy atom. The molecule has 0 bridgehead atoms. The largest absolute Gasteiger partial charge is 0.378 e. The Morgan fingerprint density at radius 1 is 1.10 bits per heavy atom. The molecule has 2 saturated heterocycles. The maximum Gasteiger partial charge on any atom is 0.251 e. The van der Waals surface area contributed by atoms with Crippen LogP contribution < -0.4 is 10.2 Å². The highest BCUT2D eigenvalue weighted by Gasteiger charge is 2.34. The Labute approximate surface area is 237 Å². The molecule has 6 rings (SSSR count). The van der Waals surface area contributed by atoms with Gasteiger partial charge in [0.1, 0.15) is 5.82 Å². The van der Waals surface area contributed by atoms with Crippen molar-refractivity contribution in [1.82, 2.24) is 20.3 Å². The molecule has 206 valence electrons. The minimum atomic E-state index is -3.57. The zero-order valence-electron chi connectivity index (χ0n) is 21.9. The van der Waals surface area contributed by atoms with Crippen LogP contribution in [0.2, 0.25) is 5.02 Å². The first-order valence-electron chi connectivity index (χ1n) is 13.1. The number of carbonyl (C=O) groups is 1. The number of aromatic nitrogens is 3. The van der Waals surface area contributed by atoms with Crippen molar-refractivity contribution >= 4 is 44.1 Å². The van der Waals surface area contributed by atoms with Crippen LogP contribution in [0.3, 0.4) is 0 Å². The zero-order chi connectivity index (χ0) is 27.9. The molecule has 40 heavy (non-hydrogen) atoms. The second-order valence-electron chi connectivity index (χ2n) is 10.2. The van der Waals surface area contributed by atoms with Gasteiger partial charge in [0.05, 0.1) is 45.2 Å². The predicted molar refractivity (Wildman–Crippen MR) is 153 cm³/mol. The number of carbonyl (C=O) groups excluding carboxylic acids is 1. The molecule has 0 spiro atoms. The van der Waals surface area contributed by atoms with E-state index in [0.29, 0.717) is 17.7 Å². The predicted octanol–water partition coefficient (Wildman–Crippen LogP) is 4.29. The van der Waals surface area contributed by atoms with E-state index >= 15 is 0 Å². The fourth-order valence-corrected chi connectivity index (χ4v) is 6.63. The van der Waals surface area contributed by atoms with Crippen molar-refractivity contribution in [2.24, 2.45) is 5.92 Å². The third-order valence-corrected chi connectivity index (χ3v) is 9.04. The number of ether oxygens (including phenoxy) is 1. The monoisotopic (exact) mass is 577 g/mol. The second kappa shape index (κ2) is 10.8. The highest BCUT2D eigenvalue weighted by atomic mass is 35.5. The van der Waals surface area contributed by atoms with E-state index in [9.17, 15) is 13.2 Å². The smallest absolute Gasteiger partial charge is 0.251 e. The molecular weight excluding hydrogens is 550 g/mol. The molecule has 0 radical (unpaired) electrons. The van der Waals surface area contributed by atoms with Crippen molar-refractivity contribution in [3.63, 3.8) is 0 Å². The van der Waals surface area contributed by atoms with Crippen molar-refractivity contribution in [2.75, 3.05) is 30.9 Å². The molecule has 0 saturated carbocycles. The fourth-order valence-electron chi connectivity index (χ4n) is 5.33. The van der Waals surface area contributed by atoms with Gasteiger partial charge >= 0.3 is 0 Å². The van der Waals surface area contributed by atoms with Gasteiger partial charge in [-0.05, 0) is 61.4 Å². The van der Waals surface area contributed by atoms with E-state index in [4.69, 9.17) is 26.3 Å². The van der Waals surface area contributed by atoms with Gasteiger partial charge in [0.15, 0.2) is 9.84 Å². The van der Waals surface area contributed by atoms with Crippen LogP contribution in [-0.4, -0.2) is 61.3 Å². The summed E-state index contributed by atoms with van der Waals surface area (Å²) in [6.07, 6.45) is 5.27. The van der Waals surface area contributed by atoms with Crippen LogP contribution in [0.25, 0.3) is 22.3 Å². The standard InChI is InChI=1S/C29H28ClN5O4S/c1-40(37,38)27-13-18(5-7-22(27)30)29(36)32-16-21-14-25-19(15-31-21)6-8-24(33-25)23-3-2-4-28(34-23)35-11-9-26-20(17-35)10-12-39-26/h2-8,13-15,20,26H,9-12,16-17H2,1H3,(H,32,36)/t20-,26-/m0/s1. The summed E-state index contributed by atoms with van der Waals surface area (Å²) in [4.78, 5) is 29.2. The summed E-state index contributed by atoms with van der Waals surface area (Å²) in [6, 6.07) is 15.9. The summed E-state index contributed by atoms with van der Waals surface area (Å²) in [6.45, 7) is 2.88. The third-order valence-electron chi connectivity index (χ3n) is 7.46. The minimum Gasteiger partial charge on any atom is -0.378 e. The maximum atomic E-state index is 12.7. The van der Waals surface area contributed by atoms with Crippen molar-refractivity contribution in [3.8, 4) is 11.4 Å². The fraction of sp³-hybridized carbons (Fsp3) is 0.310. The second-order valence-corrected chi connectivity index (χ2v) is 12.6. The average molecular weight is 578 g/mol. The lowest BCUT2D eigenvalue weighted by atomic mass is 9.94. The number of halogens is 1. The first-order chi connectivity index (χ1) is 19.2. The van der Waals surface area contributed by atoms with E-state index in [2.05, 4.69) is 15.2 Å². The lowest BCUT2D eigenvalue weighted by Gasteiger charge is -2.35. The molecule has 2 aliphatic heterocycles. The number of nitrogens with one attached hydrogen (secondary N) is 1. The SMILES string of the molecule is CS(=O)(=O)c1cc(C(=O)NCc2cc3nc(-c4cccc(N5CC[C@@H]6OCC[C@H]6C5)n4)ccc3cn2)ccc1Cl. The molecule has 4 aromatic rings. The van der Waals surface area contributed by atoms with E-state index < -0.39 is 15.7 Å². The van der Waals surface area contributed by atoms with E-state index in [1.807, 2.05) is 36.4 Å². The number of benzene rings is 1. The molecule has 3 aromatic heterocycles. The number of sulfone groups is 1. The Bertz CT molecular complexity index is 1710. The Kier molecular flexibility index (Phi) is 7.16. The van der Waals surface area contributed by atoms with Gasteiger partial charge < -0.3 is 15.0 Å². The first kappa shape index (κ1) is 26.6. The summed E-state index contributed by atoms with van der Waals surface area (Å²) in [5.74, 6) is 1.08. The molecule has 2 aliphatic rings. The molecule has 1 amide bonds. The van der Waals surface area contributed by atoms with E-state index in [-0.39, 0.29) is 22.0 Å². The molecule has 5 heterocycles. The van der Waals surface area contributed by atoms with Gasteiger partial charge in [-0.15, -0.1) is 0 Å². The topological polar surface area (TPSA) is 114 Å². The highest BCUT2D eigenvalue weighted by Crippen LogP contribution is 2.31. The van der Waals surface area contributed by atoms with Crippen LogP contribution in [0.15, 0.2) is 65.7 Å². The van der Waals surface area contributed by atoms with Gasteiger partial charge in [-0.25, -0.2) is 18.4 Å². The molecule has 11 heteroatoms. The Morgan fingerprint density at radius 2 is 1.95 bits per heavy atom. The maximum absolute atomic E-state index is 12.7. The van der Waals surface area contributed by atoms with E-state index in [0.717, 1.165) is 66.9 Å². The zero-order valence-corrected chi connectivity index (χ0v) is 23.5. The molecule has 1 aromatic carbocycles. The number of hydrogen-bond acceptors (Lipinski definition) is 8. The number of pyridine rings is 3. The average Bonchev–Trinajstić information content (AvgIpc) is 3.43. The molecule has 2 atom stereocenters. The van der Waals surface area contributed by atoms with Gasteiger partial charge in [0, 0.05) is 49.0 Å². The molecule has 0 unspecified atom stereocenters. The van der Waals surface area contributed by atoms with Crippen LogP contribution >= 0.6 is 11.6 Å². The lowest BCUT2D eigenvalue weighted by molar-refractivity contribution is 0.0771. The van der Waals surface area contributed by atoms with Crippen LogP contribution in [0.5, 0.6) is 0 Å². The molecule has 2 fully saturated rings. The summed E-state index contributed by atoms with van der Waals surface area (Å²) < 4.78 is 29.8. The van der Waals surface area contributed by atoms with Crippen LogP contribution in [-0.2, 0) is 21.1 Å². The number of amides is 1. The normalized spacial score (nSPS) is 19.0. The van der Waals surface area contributed by atoms with Crippen LogP contribution in [0, 0.1) is 5.92 Å². The van der Waals surface area contributed by atoms with Crippen LogP contribution in [0.1, 0.15) is 28.9 Å². The molecule has 0 aliphatic carbocycles. The van der Waals surface area contributed by atoms with Gasteiger partial charge in [-0.1, -0.05) is 17.7 Å². The van der Waals surface area contributed by atoms with Gasteiger partial charge in [0.2, 0.25) is 0 Å². The van der Waals surface area contributed by atoms with E-state index in [1.54, 1.807) is 6.20 Å². The Balaban J connectivity index is 1.19. The third kappa shape index (κ3) is 5.52. The molecule has 1 N–H and O–H groups in total. The molecular formula is C29H28ClN5O4S. The number of hydrogen-bond donors (Lipinski definition) is 1. The van der Waals surface area contributed by atoms with E-state index in [1.165, 1.54) is 18.2 Å². The van der Waals surface area contributed by atoms with Gasteiger partial charge in [-0.3, -0.25) is 9.78 Å².